The van der Waals surface area contributed by atoms with Crippen LogP contribution in [0.15, 0.2) is 42.5 Å². The van der Waals surface area contributed by atoms with E-state index in [0.717, 1.165) is 6.07 Å². The zero-order valence-corrected chi connectivity index (χ0v) is 11.1. The molecule has 0 aliphatic heterocycles. The summed E-state index contributed by atoms with van der Waals surface area (Å²) in [6.07, 6.45) is 0. The second-order valence-corrected chi connectivity index (χ2v) is 4.59. The van der Waals surface area contributed by atoms with E-state index in [-0.39, 0.29) is 16.7 Å². The van der Waals surface area contributed by atoms with Crippen LogP contribution in [0.1, 0.15) is 20.8 Å². The van der Waals surface area contributed by atoms with E-state index >= 15 is 0 Å². The fourth-order valence-corrected chi connectivity index (χ4v) is 2.24. The van der Waals surface area contributed by atoms with Crippen LogP contribution >= 0.6 is 0 Å². The summed E-state index contributed by atoms with van der Waals surface area (Å²) in [4.78, 5) is 26.1. The average molecular weight is 297 g/mol. The second kappa shape index (κ2) is 4.88. The molecule has 0 radical (unpaired) electrons. The number of hydrogen-bond donors (Lipinski definition) is 2. The van der Waals surface area contributed by atoms with Gasteiger partial charge in [-0.1, -0.05) is 30.3 Å². The molecule has 0 fully saturated rings. The lowest BCUT2D eigenvalue weighted by Gasteiger charge is -2.14. The van der Waals surface area contributed by atoms with Gasteiger partial charge in [0.05, 0.1) is 16.6 Å². The molecule has 7 nitrogen and oxygen atoms in total. The van der Waals surface area contributed by atoms with Gasteiger partial charge in [-0.05, 0) is 17.7 Å². The smallest absolute Gasteiger partial charge is 0.355 e. The molecule has 1 aromatic carbocycles. The van der Waals surface area contributed by atoms with E-state index < -0.39 is 23.2 Å². The third-order valence-electron chi connectivity index (χ3n) is 3.24. The number of hydrogen-bond acceptors (Lipinski definition) is 4. The highest BCUT2D eigenvalue weighted by Crippen LogP contribution is 2.27. The number of benzene rings is 1. The first kappa shape index (κ1) is 13.6. The third-order valence-corrected chi connectivity index (χ3v) is 3.24. The fourth-order valence-electron chi connectivity index (χ4n) is 2.24. The van der Waals surface area contributed by atoms with Crippen LogP contribution < -0.4 is 0 Å². The van der Waals surface area contributed by atoms with Crippen molar-refractivity contribution in [2.75, 3.05) is 0 Å². The molecule has 2 aromatic heterocycles. The van der Waals surface area contributed by atoms with Gasteiger partial charge in [0.15, 0.2) is 5.69 Å². The first-order chi connectivity index (χ1) is 10.5. The lowest BCUT2D eigenvalue weighted by Crippen LogP contribution is -2.10. The van der Waals surface area contributed by atoms with Crippen molar-refractivity contribution in [2.45, 2.75) is 0 Å². The molecule has 0 amide bonds. The van der Waals surface area contributed by atoms with Crippen LogP contribution in [-0.4, -0.2) is 31.9 Å². The van der Waals surface area contributed by atoms with Gasteiger partial charge in [0, 0.05) is 5.69 Å². The van der Waals surface area contributed by atoms with E-state index in [1.54, 1.807) is 30.3 Å². The van der Waals surface area contributed by atoms with E-state index in [9.17, 15) is 14.8 Å². The summed E-state index contributed by atoms with van der Waals surface area (Å²) in [5, 5.41) is 30.5. The van der Waals surface area contributed by atoms with Crippen molar-refractivity contribution in [1.82, 2.24) is 9.71 Å². The summed E-state index contributed by atoms with van der Waals surface area (Å²) in [6.45, 7) is 0. The number of carboxylic acids is 2. The van der Waals surface area contributed by atoms with Gasteiger partial charge in [0.1, 0.15) is 0 Å². The SMILES string of the molecule is O=C(O)c1cc2c(cc(-c3ccccc3)n2[O-])nc1C(=O)O. The number of rotatable bonds is 3. The standard InChI is InChI=1S/C15H9N2O5/c18-14(19)9-6-12-10(16-13(9)15(20)21)7-11(17(12)22)8-4-2-1-3-5-8/h1-7H,(H,18,19)(H,20,21)/q-1. The molecule has 2 heterocycles. The van der Waals surface area contributed by atoms with Gasteiger partial charge in [-0.3, -0.25) is 0 Å². The van der Waals surface area contributed by atoms with Gasteiger partial charge in [0.2, 0.25) is 0 Å². The summed E-state index contributed by atoms with van der Waals surface area (Å²) < 4.78 is 0.551. The highest BCUT2D eigenvalue weighted by Gasteiger charge is 2.20. The minimum Gasteiger partial charge on any atom is -0.805 e. The van der Waals surface area contributed by atoms with Crippen molar-refractivity contribution < 1.29 is 19.8 Å². The first-order valence-corrected chi connectivity index (χ1v) is 6.25. The summed E-state index contributed by atoms with van der Waals surface area (Å²) in [5.41, 5.74) is -0.0521. The normalized spacial score (nSPS) is 10.7. The molecule has 7 heteroatoms. The Bertz CT molecular complexity index is 899. The van der Waals surface area contributed by atoms with Crippen LogP contribution in [-0.2, 0) is 0 Å². The number of fused-ring (bicyclic) bond motifs is 1. The molecular formula is C15H9N2O5-. The molecule has 0 saturated heterocycles. The second-order valence-electron chi connectivity index (χ2n) is 4.59. The molecule has 0 aliphatic carbocycles. The van der Waals surface area contributed by atoms with Crippen molar-refractivity contribution in [1.29, 1.82) is 0 Å². The Morgan fingerprint density at radius 2 is 1.73 bits per heavy atom. The molecule has 3 aromatic rings. The van der Waals surface area contributed by atoms with Crippen LogP contribution in [0.4, 0.5) is 0 Å². The molecule has 110 valence electrons. The average Bonchev–Trinajstić information content (AvgIpc) is 2.83. The van der Waals surface area contributed by atoms with E-state index in [1.165, 1.54) is 6.07 Å². The van der Waals surface area contributed by atoms with Gasteiger partial charge in [-0.15, -0.1) is 0 Å². The van der Waals surface area contributed by atoms with Crippen molar-refractivity contribution in [3.05, 3.63) is 58.9 Å². The third kappa shape index (κ3) is 2.05. The molecule has 0 unspecified atom stereocenters. The molecule has 2 N–H and O–H groups in total. The van der Waals surface area contributed by atoms with Crippen molar-refractivity contribution in [3.8, 4) is 11.3 Å². The molecule has 3 rings (SSSR count). The van der Waals surface area contributed by atoms with Crippen LogP contribution in [0.2, 0.25) is 0 Å². The molecule has 0 aliphatic rings. The van der Waals surface area contributed by atoms with Gasteiger partial charge in [-0.2, -0.15) is 0 Å². The monoisotopic (exact) mass is 297 g/mol. The predicted molar refractivity (Wildman–Crippen MR) is 77.9 cm³/mol. The van der Waals surface area contributed by atoms with Gasteiger partial charge >= 0.3 is 11.9 Å². The van der Waals surface area contributed by atoms with E-state index in [2.05, 4.69) is 4.98 Å². The maximum atomic E-state index is 12.3. The predicted octanol–water partition coefficient (Wildman–Crippen LogP) is 2.45. The van der Waals surface area contributed by atoms with Gasteiger partial charge in [0.25, 0.3) is 0 Å². The van der Waals surface area contributed by atoms with Crippen molar-refractivity contribution >= 4 is 23.0 Å². The number of carboxylic acid groups (broad SMARTS) is 2. The van der Waals surface area contributed by atoms with Crippen LogP contribution in [0.25, 0.3) is 22.3 Å². The number of carbonyl (C=O) groups is 2. The molecular weight excluding hydrogens is 288 g/mol. The first-order valence-electron chi connectivity index (χ1n) is 6.25. The van der Waals surface area contributed by atoms with Gasteiger partial charge < -0.3 is 20.2 Å². The Balaban J connectivity index is 2.31. The lowest BCUT2D eigenvalue weighted by molar-refractivity contribution is 0.0647. The van der Waals surface area contributed by atoms with Crippen LogP contribution in [0, 0.1) is 5.21 Å². The zero-order chi connectivity index (χ0) is 15.9. The topological polar surface area (TPSA) is 115 Å². The number of pyridine rings is 1. The summed E-state index contributed by atoms with van der Waals surface area (Å²) in [7, 11) is 0. The highest BCUT2D eigenvalue weighted by atomic mass is 16.5. The largest absolute Gasteiger partial charge is 0.805 e. The van der Waals surface area contributed by atoms with Crippen LogP contribution in [0.5, 0.6) is 0 Å². The minimum absolute atomic E-state index is 0.0150. The quantitative estimate of drug-likeness (QED) is 0.767. The van der Waals surface area contributed by atoms with Crippen LogP contribution in [0.3, 0.4) is 0 Å². The zero-order valence-electron chi connectivity index (χ0n) is 11.1. The Labute approximate surface area is 123 Å². The maximum Gasteiger partial charge on any atom is 0.355 e. The number of aromatic nitrogens is 2. The summed E-state index contributed by atoms with van der Waals surface area (Å²) >= 11 is 0. The Morgan fingerprint density at radius 3 is 2.32 bits per heavy atom. The molecule has 0 bridgehead atoms. The molecule has 22 heavy (non-hydrogen) atoms. The molecule has 0 saturated carbocycles. The lowest BCUT2D eigenvalue weighted by atomic mass is 10.1. The van der Waals surface area contributed by atoms with E-state index in [0.29, 0.717) is 10.3 Å². The maximum absolute atomic E-state index is 12.3. The summed E-state index contributed by atoms with van der Waals surface area (Å²) in [6, 6.07) is 11.2. The fraction of sp³-hybridized carbons (Fsp3) is 0. The summed E-state index contributed by atoms with van der Waals surface area (Å²) in [5.74, 6) is -2.91. The number of aromatic carboxylic acids is 2. The molecule has 0 spiro atoms. The Kier molecular flexibility index (Phi) is 3.03. The molecule has 0 atom stereocenters. The number of nitrogens with zero attached hydrogens (tertiary/aromatic N) is 2. The van der Waals surface area contributed by atoms with Crippen molar-refractivity contribution in [2.24, 2.45) is 0 Å². The Hall–Kier alpha value is -3.35. The Morgan fingerprint density at radius 1 is 1.05 bits per heavy atom. The van der Waals surface area contributed by atoms with Gasteiger partial charge in [-0.25, -0.2) is 14.6 Å². The van der Waals surface area contributed by atoms with E-state index in [4.69, 9.17) is 10.2 Å². The van der Waals surface area contributed by atoms with E-state index in [1.807, 2.05) is 0 Å². The minimum atomic E-state index is -1.46. The highest BCUT2D eigenvalue weighted by molar-refractivity contribution is 6.03. The van der Waals surface area contributed by atoms with Crippen molar-refractivity contribution in [3.63, 3.8) is 0 Å².